The Hall–Kier alpha value is -1.10. The van der Waals surface area contributed by atoms with E-state index in [9.17, 15) is 0 Å². The molecular weight excluding hydrogens is 312 g/mol. The third-order valence-electron chi connectivity index (χ3n) is 5.57. The molecule has 4 heteroatoms. The summed E-state index contributed by atoms with van der Waals surface area (Å²) in [5.41, 5.74) is 1.31. The summed E-state index contributed by atoms with van der Waals surface area (Å²) >= 11 is 0. The van der Waals surface area contributed by atoms with Crippen LogP contribution in [0, 0.1) is 0 Å². The van der Waals surface area contributed by atoms with Crippen LogP contribution in [0.3, 0.4) is 0 Å². The van der Waals surface area contributed by atoms with Gasteiger partial charge < -0.3 is 9.47 Å². The normalized spacial score (nSPS) is 22.8. The van der Waals surface area contributed by atoms with Gasteiger partial charge in [-0.05, 0) is 51.4 Å². The molecular formula is C21H34N2O2. The van der Waals surface area contributed by atoms with Gasteiger partial charge in [0, 0.05) is 31.8 Å². The molecule has 4 nitrogen and oxygen atoms in total. The fourth-order valence-electron chi connectivity index (χ4n) is 4.11. The molecule has 0 spiro atoms. The van der Waals surface area contributed by atoms with Crippen LogP contribution in [0.25, 0.3) is 0 Å². The molecule has 2 aliphatic rings. The molecule has 0 aromatic heterocycles. The van der Waals surface area contributed by atoms with Crippen molar-refractivity contribution in [3.8, 4) is 5.75 Å². The van der Waals surface area contributed by atoms with Gasteiger partial charge in [-0.2, -0.15) is 0 Å². The van der Waals surface area contributed by atoms with Crippen LogP contribution < -0.4 is 4.74 Å². The molecule has 1 aromatic rings. The summed E-state index contributed by atoms with van der Waals surface area (Å²) in [5.74, 6) is 1.06. The van der Waals surface area contributed by atoms with E-state index in [1.54, 1.807) is 0 Å². The summed E-state index contributed by atoms with van der Waals surface area (Å²) in [4.78, 5) is 5.10. The summed E-state index contributed by atoms with van der Waals surface area (Å²) in [6, 6.07) is 9.10. The first-order chi connectivity index (χ1) is 12.4. The van der Waals surface area contributed by atoms with Gasteiger partial charge in [0.15, 0.2) is 0 Å². The van der Waals surface area contributed by atoms with Crippen molar-refractivity contribution in [2.24, 2.45) is 0 Å². The third-order valence-corrected chi connectivity index (χ3v) is 5.57. The second-order valence-electron chi connectivity index (χ2n) is 7.43. The second-order valence-corrected chi connectivity index (χ2v) is 7.43. The lowest BCUT2D eigenvalue weighted by molar-refractivity contribution is 0.0593. The average molecular weight is 347 g/mol. The number of methoxy groups -OCH3 is 1. The number of rotatable bonds is 8. The molecule has 0 bridgehead atoms. The van der Waals surface area contributed by atoms with E-state index >= 15 is 0 Å². The minimum Gasteiger partial charge on any atom is -0.492 e. The van der Waals surface area contributed by atoms with Crippen molar-refractivity contribution in [3.63, 3.8) is 0 Å². The maximum Gasteiger partial charge on any atom is 0.123 e. The maximum atomic E-state index is 6.18. The molecule has 0 unspecified atom stereocenters. The van der Waals surface area contributed by atoms with Gasteiger partial charge in [-0.3, -0.25) is 9.80 Å². The quantitative estimate of drug-likeness (QED) is 0.719. The molecule has 25 heavy (non-hydrogen) atoms. The van der Waals surface area contributed by atoms with Gasteiger partial charge in [-0.15, -0.1) is 0 Å². The number of para-hydroxylation sites is 1. The monoisotopic (exact) mass is 346 g/mol. The number of ether oxygens (including phenoxy) is 2. The van der Waals surface area contributed by atoms with Gasteiger partial charge in [0.1, 0.15) is 12.4 Å². The van der Waals surface area contributed by atoms with Crippen molar-refractivity contribution >= 4 is 0 Å². The van der Waals surface area contributed by atoms with Crippen LogP contribution in [0.5, 0.6) is 5.75 Å². The number of nitrogens with zero attached hydrogens (tertiary/aromatic N) is 2. The Labute approximate surface area is 153 Å². The Bertz CT molecular complexity index is 500. The first-order valence-corrected chi connectivity index (χ1v) is 10.0. The highest BCUT2D eigenvalue weighted by atomic mass is 16.5. The molecule has 0 saturated carbocycles. The molecule has 2 saturated heterocycles. The van der Waals surface area contributed by atoms with Crippen LogP contribution in [0.1, 0.15) is 44.1 Å². The first-order valence-electron chi connectivity index (χ1n) is 10.0. The van der Waals surface area contributed by atoms with Gasteiger partial charge in [0.25, 0.3) is 0 Å². The van der Waals surface area contributed by atoms with Gasteiger partial charge in [-0.25, -0.2) is 0 Å². The van der Waals surface area contributed by atoms with E-state index in [1.165, 1.54) is 57.2 Å². The summed E-state index contributed by atoms with van der Waals surface area (Å²) in [7, 11) is 1.81. The van der Waals surface area contributed by atoms with Crippen LogP contribution in [0.2, 0.25) is 0 Å². The summed E-state index contributed by atoms with van der Waals surface area (Å²) in [6.07, 6.45) is 7.92. The van der Waals surface area contributed by atoms with Gasteiger partial charge in [-0.1, -0.05) is 31.0 Å². The van der Waals surface area contributed by atoms with Gasteiger partial charge in [0.2, 0.25) is 0 Å². The van der Waals surface area contributed by atoms with E-state index in [0.29, 0.717) is 6.04 Å². The predicted molar refractivity (Wildman–Crippen MR) is 102 cm³/mol. The molecule has 0 amide bonds. The molecule has 1 atom stereocenters. The average Bonchev–Trinajstić information content (AvgIpc) is 2.66. The lowest BCUT2D eigenvalue weighted by atomic mass is 10.0. The minimum absolute atomic E-state index is 0.542. The second kappa shape index (κ2) is 10.1. The summed E-state index contributed by atoms with van der Waals surface area (Å²) < 4.78 is 11.6. The fourth-order valence-corrected chi connectivity index (χ4v) is 4.11. The zero-order valence-electron chi connectivity index (χ0n) is 15.8. The largest absolute Gasteiger partial charge is 0.492 e. The van der Waals surface area contributed by atoms with Gasteiger partial charge >= 0.3 is 0 Å². The van der Waals surface area contributed by atoms with E-state index < -0.39 is 0 Å². The van der Waals surface area contributed by atoms with E-state index in [0.717, 1.165) is 38.6 Å². The molecule has 2 fully saturated rings. The smallest absolute Gasteiger partial charge is 0.123 e. The molecule has 2 heterocycles. The molecule has 0 N–H and O–H groups in total. The number of hydrogen-bond donors (Lipinski definition) is 0. The van der Waals surface area contributed by atoms with Crippen molar-refractivity contribution in [3.05, 3.63) is 29.8 Å². The van der Waals surface area contributed by atoms with Crippen LogP contribution in [0.4, 0.5) is 0 Å². The zero-order chi connectivity index (χ0) is 17.3. The Morgan fingerprint density at radius 2 is 1.80 bits per heavy atom. The van der Waals surface area contributed by atoms with E-state index in [1.807, 2.05) is 7.11 Å². The SMILES string of the molecule is COC[C@H]1CCCCN1Cc1ccccc1OCCN1CCCCC1. The molecule has 140 valence electrons. The number of benzene rings is 1. The molecule has 0 radical (unpaired) electrons. The Morgan fingerprint density at radius 1 is 1.00 bits per heavy atom. The Morgan fingerprint density at radius 3 is 2.64 bits per heavy atom. The zero-order valence-corrected chi connectivity index (χ0v) is 15.8. The molecule has 2 aliphatic heterocycles. The van der Waals surface area contributed by atoms with Crippen molar-refractivity contribution in [1.82, 2.24) is 9.80 Å². The standard InChI is InChI=1S/C21H34N2O2/c1-24-18-20-10-5-8-14-23(20)17-19-9-3-4-11-21(19)25-16-15-22-12-6-2-7-13-22/h3-4,9,11,20H,2,5-8,10,12-18H2,1H3/t20-/m1/s1. The van der Waals surface area contributed by atoms with Crippen LogP contribution in [0.15, 0.2) is 24.3 Å². The molecule has 0 aliphatic carbocycles. The number of piperidine rings is 2. The van der Waals surface area contributed by atoms with Gasteiger partial charge in [0.05, 0.1) is 6.61 Å². The molecule has 3 rings (SSSR count). The minimum atomic E-state index is 0.542. The first kappa shape index (κ1) is 18.7. The fraction of sp³-hybridized carbons (Fsp3) is 0.714. The van der Waals surface area contributed by atoms with Crippen molar-refractivity contribution in [2.75, 3.05) is 46.5 Å². The van der Waals surface area contributed by atoms with E-state index in [2.05, 4.69) is 34.1 Å². The Balaban J connectivity index is 1.54. The molecule has 1 aromatic carbocycles. The third kappa shape index (κ3) is 5.70. The van der Waals surface area contributed by atoms with Crippen molar-refractivity contribution < 1.29 is 9.47 Å². The predicted octanol–water partition coefficient (Wildman–Crippen LogP) is 3.55. The highest BCUT2D eigenvalue weighted by Gasteiger charge is 2.23. The van der Waals surface area contributed by atoms with Crippen LogP contribution in [-0.4, -0.2) is 62.3 Å². The highest BCUT2D eigenvalue weighted by molar-refractivity contribution is 5.33. The van der Waals surface area contributed by atoms with E-state index in [-0.39, 0.29) is 0 Å². The topological polar surface area (TPSA) is 24.9 Å². The van der Waals surface area contributed by atoms with Crippen LogP contribution in [-0.2, 0) is 11.3 Å². The highest BCUT2D eigenvalue weighted by Crippen LogP contribution is 2.25. The summed E-state index contributed by atoms with van der Waals surface area (Å²) in [6.45, 7) is 7.26. The lowest BCUT2D eigenvalue weighted by Gasteiger charge is -2.35. The summed E-state index contributed by atoms with van der Waals surface area (Å²) in [5, 5.41) is 0. The lowest BCUT2D eigenvalue weighted by Crippen LogP contribution is -2.41. The van der Waals surface area contributed by atoms with Crippen LogP contribution >= 0.6 is 0 Å². The van der Waals surface area contributed by atoms with E-state index in [4.69, 9.17) is 9.47 Å². The van der Waals surface area contributed by atoms with Crippen molar-refractivity contribution in [2.45, 2.75) is 51.1 Å². The maximum absolute atomic E-state index is 6.18. The number of likely N-dealkylation sites (tertiary alicyclic amines) is 2. The van der Waals surface area contributed by atoms with Crippen molar-refractivity contribution in [1.29, 1.82) is 0 Å². The number of hydrogen-bond acceptors (Lipinski definition) is 4. The Kier molecular flexibility index (Phi) is 7.58.